The summed E-state index contributed by atoms with van der Waals surface area (Å²) < 4.78 is 17.4. The first-order valence-corrected chi connectivity index (χ1v) is 8.50. The Labute approximate surface area is 133 Å². The lowest BCUT2D eigenvalue weighted by Crippen LogP contribution is -2.34. The Morgan fingerprint density at radius 3 is 2.95 bits per heavy atom. The average Bonchev–Trinajstić information content (AvgIpc) is 2.94. The lowest BCUT2D eigenvalue weighted by Gasteiger charge is -2.29. The number of methoxy groups -OCH3 is 1. The molecule has 7 heteroatoms. The molecule has 0 N–H and O–H groups in total. The molecule has 21 heavy (non-hydrogen) atoms. The van der Waals surface area contributed by atoms with Gasteiger partial charge in [0, 0.05) is 26.8 Å². The van der Waals surface area contributed by atoms with E-state index in [0.29, 0.717) is 6.42 Å². The van der Waals surface area contributed by atoms with Crippen LogP contribution in [-0.4, -0.2) is 50.3 Å². The Balaban J connectivity index is 2.01. The van der Waals surface area contributed by atoms with E-state index in [1.807, 2.05) is 12.3 Å². The summed E-state index contributed by atoms with van der Waals surface area (Å²) in [5, 5.41) is 1.94. The fourth-order valence-corrected chi connectivity index (χ4v) is 4.61. The van der Waals surface area contributed by atoms with Gasteiger partial charge in [-0.3, -0.25) is 4.79 Å². The predicted octanol–water partition coefficient (Wildman–Crippen LogP) is 2.72. The minimum atomic E-state index is -0.302. The maximum absolute atomic E-state index is 12.2. The van der Waals surface area contributed by atoms with Gasteiger partial charge in [-0.2, -0.15) is 0 Å². The third-order valence-electron chi connectivity index (χ3n) is 3.30. The quantitative estimate of drug-likeness (QED) is 0.750. The first kappa shape index (κ1) is 16.8. The topological polar surface area (TPSA) is 48.0 Å². The third kappa shape index (κ3) is 4.20. The van der Waals surface area contributed by atoms with Crippen molar-refractivity contribution >= 4 is 29.0 Å². The highest BCUT2D eigenvalue weighted by Crippen LogP contribution is 2.45. The summed E-state index contributed by atoms with van der Waals surface area (Å²) in [6, 6.07) is 2.06. The van der Waals surface area contributed by atoms with Crippen LogP contribution >= 0.6 is 23.1 Å². The van der Waals surface area contributed by atoms with Crippen LogP contribution in [0.1, 0.15) is 25.0 Å². The second-order valence-electron chi connectivity index (χ2n) is 4.98. The van der Waals surface area contributed by atoms with Crippen LogP contribution in [0.5, 0.6) is 0 Å². The van der Waals surface area contributed by atoms with Gasteiger partial charge in [-0.25, -0.2) is 0 Å². The Hall–Kier alpha value is -0.600. The van der Waals surface area contributed by atoms with Gasteiger partial charge >= 0.3 is 0 Å². The van der Waals surface area contributed by atoms with Crippen molar-refractivity contribution in [3.8, 4) is 0 Å². The van der Waals surface area contributed by atoms with Crippen LogP contribution in [0.2, 0.25) is 0 Å². The maximum Gasteiger partial charge on any atom is 0.235 e. The standard InChI is InChI=1S/C14H21NO4S2/c1-9(17-4)18-8-19-11-7-12(13(16)15(2)3)21-14-10(11)5-6-20-14/h5-6,9,11-12H,7-8H2,1-4H3. The van der Waals surface area contributed by atoms with Crippen molar-refractivity contribution < 1.29 is 19.0 Å². The molecule has 1 aromatic rings. The highest BCUT2D eigenvalue weighted by molar-refractivity contribution is 8.02. The van der Waals surface area contributed by atoms with Gasteiger partial charge in [0.2, 0.25) is 5.91 Å². The summed E-state index contributed by atoms with van der Waals surface area (Å²) in [7, 11) is 5.16. The number of amides is 1. The SMILES string of the molecule is COC(C)OCOC1CC(C(=O)N(C)C)Sc2sccc21. The van der Waals surface area contributed by atoms with Crippen molar-refractivity contribution in [3.63, 3.8) is 0 Å². The van der Waals surface area contributed by atoms with Crippen LogP contribution < -0.4 is 0 Å². The van der Waals surface area contributed by atoms with Gasteiger partial charge in [0.1, 0.15) is 0 Å². The zero-order valence-corrected chi connectivity index (χ0v) is 14.3. The van der Waals surface area contributed by atoms with Gasteiger partial charge in [-0.1, -0.05) is 0 Å². The lowest BCUT2D eigenvalue weighted by atomic mass is 10.1. The van der Waals surface area contributed by atoms with Crippen molar-refractivity contribution in [1.29, 1.82) is 0 Å². The van der Waals surface area contributed by atoms with Gasteiger partial charge in [-0.05, 0) is 24.8 Å². The zero-order chi connectivity index (χ0) is 15.4. The van der Waals surface area contributed by atoms with Crippen LogP contribution in [-0.2, 0) is 19.0 Å². The fraction of sp³-hybridized carbons (Fsp3) is 0.643. The van der Waals surface area contributed by atoms with Gasteiger partial charge in [0.15, 0.2) is 13.1 Å². The van der Waals surface area contributed by atoms with E-state index in [-0.39, 0.29) is 30.3 Å². The molecule has 0 saturated heterocycles. The van der Waals surface area contributed by atoms with Crippen LogP contribution in [0.3, 0.4) is 0 Å². The molecule has 2 heterocycles. The second kappa shape index (κ2) is 7.60. The Kier molecular flexibility index (Phi) is 6.07. The molecule has 1 aliphatic heterocycles. The summed E-state index contributed by atoms with van der Waals surface area (Å²) in [5.74, 6) is 0.124. The van der Waals surface area contributed by atoms with Gasteiger partial charge < -0.3 is 19.1 Å². The molecule has 1 aromatic heterocycles. The van der Waals surface area contributed by atoms with Crippen LogP contribution in [0.25, 0.3) is 0 Å². The number of hydrogen-bond donors (Lipinski definition) is 0. The number of fused-ring (bicyclic) bond motifs is 1. The summed E-state index contributed by atoms with van der Waals surface area (Å²) in [6.07, 6.45) is 0.255. The number of carbonyl (C=O) groups excluding carboxylic acids is 1. The number of thioether (sulfide) groups is 1. The highest BCUT2D eigenvalue weighted by Gasteiger charge is 2.34. The molecular weight excluding hydrogens is 310 g/mol. The number of hydrogen-bond acceptors (Lipinski definition) is 6. The molecule has 2 rings (SSSR count). The molecule has 0 spiro atoms. The average molecular weight is 331 g/mol. The normalized spacial score (nSPS) is 22.7. The van der Waals surface area contributed by atoms with E-state index in [1.165, 1.54) is 0 Å². The molecule has 118 valence electrons. The minimum absolute atomic E-state index is 0.101. The molecule has 1 aliphatic rings. The van der Waals surface area contributed by atoms with E-state index in [1.54, 1.807) is 49.2 Å². The number of thiophene rings is 1. The van der Waals surface area contributed by atoms with Crippen molar-refractivity contribution in [2.45, 2.75) is 35.2 Å². The summed E-state index contributed by atoms with van der Waals surface area (Å²) in [6.45, 7) is 1.97. The number of nitrogens with zero attached hydrogens (tertiary/aromatic N) is 1. The zero-order valence-electron chi connectivity index (χ0n) is 12.7. The van der Waals surface area contributed by atoms with Crippen LogP contribution in [0.15, 0.2) is 15.7 Å². The van der Waals surface area contributed by atoms with Crippen molar-refractivity contribution in [2.24, 2.45) is 0 Å². The molecule has 0 aliphatic carbocycles. The molecule has 0 fully saturated rings. The summed E-state index contributed by atoms with van der Waals surface area (Å²) in [5.41, 5.74) is 1.15. The van der Waals surface area contributed by atoms with E-state index < -0.39 is 0 Å². The Morgan fingerprint density at radius 1 is 1.52 bits per heavy atom. The highest BCUT2D eigenvalue weighted by atomic mass is 32.2. The first-order valence-electron chi connectivity index (χ1n) is 6.74. The van der Waals surface area contributed by atoms with E-state index in [2.05, 4.69) is 6.07 Å². The molecule has 3 atom stereocenters. The van der Waals surface area contributed by atoms with Crippen LogP contribution in [0, 0.1) is 0 Å². The first-order chi connectivity index (χ1) is 10.0. The molecule has 0 bridgehead atoms. The number of rotatable bonds is 6. The predicted molar refractivity (Wildman–Crippen MR) is 83.5 cm³/mol. The maximum atomic E-state index is 12.2. The van der Waals surface area contributed by atoms with Gasteiger partial charge in [-0.15, -0.1) is 23.1 Å². The molecule has 1 amide bonds. The Morgan fingerprint density at radius 2 is 2.29 bits per heavy atom. The summed E-state index contributed by atoms with van der Waals surface area (Å²) >= 11 is 3.28. The monoisotopic (exact) mass is 331 g/mol. The van der Waals surface area contributed by atoms with Crippen molar-refractivity contribution in [1.82, 2.24) is 4.90 Å². The largest absolute Gasteiger partial charge is 0.356 e. The molecule has 5 nitrogen and oxygen atoms in total. The molecule has 0 radical (unpaired) electrons. The van der Waals surface area contributed by atoms with Gasteiger partial charge in [0.25, 0.3) is 0 Å². The van der Waals surface area contributed by atoms with Crippen LogP contribution in [0.4, 0.5) is 0 Å². The van der Waals surface area contributed by atoms with E-state index >= 15 is 0 Å². The fourth-order valence-electron chi connectivity index (χ4n) is 2.02. The lowest BCUT2D eigenvalue weighted by molar-refractivity contribution is -0.190. The van der Waals surface area contributed by atoms with Crippen molar-refractivity contribution in [2.75, 3.05) is 28.0 Å². The van der Waals surface area contributed by atoms with Crippen molar-refractivity contribution in [3.05, 3.63) is 17.0 Å². The second-order valence-corrected chi connectivity index (χ2v) is 7.37. The smallest absolute Gasteiger partial charge is 0.235 e. The number of ether oxygens (including phenoxy) is 3. The molecule has 0 aromatic carbocycles. The molecule has 3 unspecified atom stereocenters. The van der Waals surface area contributed by atoms with Gasteiger partial charge in [0.05, 0.1) is 15.6 Å². The van der Waals surface area contributed by atoms with E-state index in [9.17, 15) is 4.79 Å². The molecular formula is C14H21NO4S2. The number of carbonyl (C=O) groups is 1. The van der Waals surface area contributed by atoms with E-state index in [0.717, 1.165) is 9.77 Å². The minimum Gasteiger partial charge on any atom is -0.356 e. The summed E-state index contributed by atoms with van der Waals surface area (Å²) in [4.78, 5) is 13.8. The molecule has 0 saturated carbocycles. The van der Waals surface area contributed by atoms with E-state index in [4.69, 9.17) is 14.2 Å². The third-order valence-corrected chi connectivity index (χ3v) is 5.73. The Bertz CT molecular complexity index is 477.